The van der Waals surface area contributed by atoms with Crippen molar-refractivity contribution in [1.29, 1.82) is 0 Å². The number of ether oxygens (including phenoxy) is 1. The van der Waals surface area contributed by atoms with Crippen LogP contribution in [0.3, 0.4) is 0 Å². The second kappa shape index (κ2) is 4.42. The van der Waals surface area contributed by atoms with Crippen molar-refractivity contribution in [3.63, 3.8) is 0 Å². The summed E-state index contributed by atoms with van der Waals surface area (Å²) in [5, 5.41) is 9.59. The molecule has 0 bridgehead atoms. The van der Waals surface area contributed by atoms with Gasteiger partial charge in [-0.2, -0.15) is 0 Å². The normalized spacial score (nSPS) is 11.5. The number of carboxylic acid groups (broad SMARTS) is 1. The highest BCUT2D eigenvalue weighted by Crippen LogP contribution is 2.22. The van der Waals surface area contributed by atoms with E-state index in [9.17, 15) is 9.59 Å². The van der Waals surface area contributed by atoms with E-state index in [2.05, 4.69) is 6.07 Å². The van der Waals surface area contributed by atoms with E-state index < -0.39 is 17.7 Å². The summed E-state index contributed by atoms with van der Waals surface area (Å²) >= 11 is 0. The zero-order chi connectivity index (χ0) is 14.2. The molecule has 0 saturated heterocycles. The maximum absolute atomic E-state index is 12.0. The summed E-state index contributed by atoms with van der Waals surface area (Å²) in [5.74, 6) is -1.09. The Morgan fingerprint density at radius 1 is 1.37 bits per heavy atom. The lowest BCUT2D eigenvalue weighted by Crippen LogP contribution is -2.26. The van der Waals surface area contributed by atoms with Gasteiger partial charge in [-0.15, -0.1) is 0 Å². The molecule has 2 rings (SSSR count). The van der Waals surface area contributed by atoms with Gasteiger partial charge in [-0.25, -0.2) is 9.59 Å². The maximum atomic E-state index is 12.0. The minimum Gasteiger partial charge on any atom is -0.478 e. The monoisotopic (exact) mass is 260 g/mol. The lowest BCUT2D eigenvalue weighted by Gasteiger charge is -2.19. The van der Waals surface area contributed by atoms with E-state index in [0.717, 1.165) is 0 Å². The minimum atomic E-state index is -1.09. The molecule has 1 heterocycles. The minimum absolute atomic E-state index is 0.0534. The van der Waals surface area contributed by atoms with Crippen LogP contribution < -0.4 is 0 Å². The van der Waals surface area contributed by atoms with Gasteiger partial charge in [0.1, 0.15) is 5.60 Å². The first-order valence-electron chi connectivity index (χ1n) is 5.77. The summed E-state index contributed by atoms with van der Waals surface area (Å²) < 4.78 is 6.45. The number of hydrogen-bond acceptors (Lipinski definition) is 3. The van der Waals surface area contributed by atoms with Gasteiger partial charge in [0.15, 0.2) is 0 Å². The van der Waals surface area contributed by atoms with Crippen molar-refractivity contribution in [3.05, 3.63) is 36.0 Å². The number of carbonyl (C=O) groups is 2. The third kappa shape index (κ3) is 2.59. The van der Waals surface area contributed by atoms with E-state index in [0.29, 0.717) is 10.9 Å². The van der Waals surface area contributed by atoms with Gasteiger partial charge in [0.2, 0.25) is 0 Å². The fraction of sp³-hybridized carbons (Fsp3) is 0.286. The topological polar surface area (TPSA) is 68.5 Å². The van der Waals surface area contributed by atoms with Gasteiger partial charge in [0.25, 0.3) is 0 Å². The van der Waals surface area contributed by atoms with Gasteiger partial charge < -0.3 is 9.84 Å². The average Bonchev–Trinajstić information content (AvgIpc) is 2.66. The summed E-state index contributed by atoms with van der Waals surface area (Å²) in [6.45, 7) is 5.26. The smallest absolute Gasteiger partial charge is 0.419 e. The Morgan fingerprint density at radius 2 is 2.05 bits per heavy atom. The Bertz CT molecular complexity index is 649. The highest BCUT2D eigenvalue weighted by Gasteiger charge is 2.22. The first kappa shape index (κ1) is 13.1. The first-order valence-corrected chi connectivity index (χ1v) is 5.77. The summed E-state index contributed by atoms with van der Waals surface area (Å²) in [4.78, 5) is 23.2. The molecule has 0 aliphatic heterocycles. The summed E-state index contributed by atoms with van der Waals surface area (Å²) in [5.41, 5.74) is -0.0964. The number of hydrogen-bond donors (Lipinski definition) is 1. The molecular formula is C14H14NO4. The largest absolute Gasteiger partial charge is 0.478 e. The highest BCUT2D eigenvalue weighted by molar-refractivity contribution is 6.05. The molecule has 0 spiro atoms. The second-order valence-corrected chi connectivity index (χ2v) is 5.14. The Balaban J connectivity index is 2.55. The van der Waals surface area contributed by atoms with Crippen LogP contribution in [0, 0.1) is 6.07 Å². The SMILES string of the molecule is CC(C)(C)OC(=O)n1cc(C(=O)O)c2c[c]ccc21. The van der Waals surface area contributed by atoms with Crippen LogP contribution >= 0.6 is 0 Å². The summed E-state index contributed by atoms with van der Waals surface area (Å²) in [7, 11) is 0. The molecule has 19 heavy (non-hydrogen) atoms. The Kier molecular flexibility index (Phi) is 3.06. The predicted molar refractivity (Wildman–Crippen MR) is 69.4 cm³/mol. The van der Waals surface area contributed by atoms with E-state index in [4.69, 9.17) is 9.84 Å². The molecule has 0 aliphatic carbocycles. The molecular weight excluding hydrogens is 246 g/mol. The molecule has 1 aromatic carbocycles. The van der Waals surface area contributed by atoms with E-state index in [1.807, 2.05) is 0 Å². The van der Waals surface area contributed by atoms with Crippen LogP contribution in [-0.2, 0) is 4.74 Å². The molecule has 0 unspecified atom stereocenters. The number of rotatable bonds is 1. The molecule has 0 saturated carbocycles. The van der Waals surface area contributed by atoms with Crippen LogP contribution in [-0.4, -0.2) is 27.3 Å². The fourth-order valence-electron chi connectivity index (χ4n) is 1.75. The van der Waals surface area contributed by atoms with Gasteiger partial charge in [0.05, 0.1) is 11.1 Å². The molecule has 0 amide bonds. The molecule has 1 N–H and O–H groups in total. The van der Waals surface area contributed by atoms with E-state index in [-0.39, 0.29) is 5.56 Å². The Morgan fingerprint density at radius 3 is 2.63 bits per heavy atom. The number of carbonyl (C=O) groups excluding carboxylic acids is 1. The third-order valence-electron chi connectivity index (χ3n) is 2.47. The number of fused-ring (bicyclic) bond motifs is 1. The number of aromatic nitrogens is 1. The predicted octanol–water partition coefficient (Wildman–Crippen LogP) is 2.92. The van der Waals surface area contributed by atoms with Crippen LogP contribution in [0.2, 0.25) is 0 Å². The zero-order valence-corrected chi connectivity index (χ0v) is 10.9. The molecule has 0 atom stereocenters. The molecule has 99 valence electrons. The zero-order valence-electron chi connectivity index (χ0n) is 10.9. The Labute approximate surface area is 110 Å². The number of carboxylic acids is 1. The molecule has 1 aromatic heterocycles. The molecule has 0 aliphatic rings. The Hall–Kier alpha value is -2.30. The summed E-state index contributed by atoms with van der Waals surface area (Å²) in [6.07, 6.45) is 0.672. The quantitative estimate of drug-likeness (QED) is 0.855. The standard InChI is InChI=1S/C14H14NO4/c1-14(2,3)19-13(18)15-8-10(12(16)17)9-6-4-5-7-11(9)15/h5-8H,1-3H3,(H,16,17). The number of nitrogens with zero attached hydrogens (tertiary/aromatic N) is 1. The van der Waals surface area contributed by atoms with Crippen molar-refractivity contribution in [1.82, 2.24) is 4.57 Å². The van der Waals surface area contributed by atoms with Crippen molar-refractivity contribution in [2.45, 2.75) is 26.4 Å². The highest BCUT2D eigenvalue weighted by atomic mass is 16.6. The van der Waals surface area contributed by atoms with Gasteiger partial charge in [-0.3, -0.25) is 4.57 Å². The lowest BCUT2D eigenvalue weighted by atomic mass is 10.2. The van der Waals surface area contributed by atoms with E-state index in [1.165, 1.54) is 10.8 Å². The van der Waals surface area contributed by atoms with Crippen molar-refractivity contribution < 1.29 is 19.4 Å². The average molecular weight is 260 g/mol. The second-order valence-electron chi connectivity index (χ2n) is 5.14. The van der Waals surface area contributed by atoms with Crippen LogP contribution in [0.4, 0.5) is 4.79 Å². The fourth-order valence-corrected chi connectivity index (χ4v) is 1.75. The van der Waals surface area contributed by atoms with Crippen LogP contribution in [0.15, 0.2) is 24.4 Å². The van der Waals surface area contributed by atoms with Gasteiger partial charge in [0, 0.05) is 11.6 Å². The van der Waals surface area contributed by atoms with Crippen LogP contribution in [0.1, 0.15) is 31.1 Å². The number of aromatic carboxylic acids is 1. The van der Waals surface area contributed by atoms with Gasteiger partial charge in [-0.1, -0.05) is 6.07 Å². The number of benzene rings is 1. The molecule has 5 heteroatoms. The molecule has 0 fully saturated rings. The maximum Gasteiger partial charge on any atom is 0.419 e. The van der Waals surface area contributed by atoms with Crippen molar-refractivity contribution in [2.24, 2.45) is 0 Å². The van der Waals surface area contributed by atoms with Gasteiger partial charge >= 0.3 is 12.1 Å². The van der Waals surface area contributed by atoms with Crippen molar-refractivity contribution in [2.75, 3.05) is 0 Å². The van der Waals surface area contributed by atoms with E-state index >= 15 is 0 Å². The van der Waals surface area contributed by atoms with E-state index in [1.54, 1.807) is 39.0 Å². The molecule has 5 nitrogen and oxygen atoms in total. The van der Waals surface area contributed by atoms with Crippen molar-refractivity contribution >= 4 is 23.0 Å². The van der Waals surface area contributed by atoms with Crippen LogP contribution in [0.5, 0.6) is 0 Å². The first-order chi connectivity index (χ1) is 8.79. The third-order valence-corrected chi connectivity index (χ3v) is 2.47. The lowest BCUT2D eigenvalue weighted by molar-refractivity contribution is 0.0544. The van der Waals surface area contributed by atoms with Gasteiger partial charge in [-0.05, 0) is 39.0 Å². The summed E-state index contributed by atoms with van der Waals surface area (Å²) in [6, 6.07) is 7.59. The van der Waals surface area contributed by atoms with Crippen molar-refractivity contribution in [3.8, 4) is 0 Å². The molecule has 1 radical (unpaired) electrons. The van der Waals surface area contributed by atoms with Crippen LogP contribution in [0.25, 0.3) is 10.9 Å². The molecule has 2 aromatic rings.